The Morgan fingerprint density at radius 3 is 2.29 bits per heavy atom. The standard InChI is InChI=1S/C21H23Cl3N2O7S/c1-12(2)16(19(29)31-9-13-7-5-4-6-8-13)26-17(28)15(18(26)34-3)25-14(27)10-32-20(30)33-11-21(22,23)24/h4-8,15,18H,9-11H2,1-3H3,(H,25,27)/t15-,18-/m1/s1. The summed E-state index contributed by atoms with van der Waals surface area (Å²) in [6, 6.07) is 8.20. The van der Waals surface area contributed by atoms with Crippen molar-refractivity contribution in [2.24, 2.45) is 0 Å². The van der Waals surface area contributed by atoms with Gasteiger partial charge in [-0.05, 0) is 31.2 Å². The number of carbonyl (C=O) groups is 4. The molecule has 1 aromatic carbocycles. The Labute approximate surface area is 216 Å². The molecule has 0 aliphatic carbocycles. The first-order valence-electron chi connectivity index (χ1n) is 9.84. The smallest absolute Gasteiger partial charge is 0.456 e. The number of carbonyl (C=O) groups excluding carboxylic acids is 4. The third-order valence-electron chi connectivity index (χ3n) is 4.40. The van der Waals surface area contributed by atoms with E-state index in [1.807, 2.05) is 30.3 Å². The average Bonchev–Trinajstić information content (AvgIpc) is 2.78. The Morgan fingerprint density at radius 2 is 1.74 bits per heavy atom. The van der Waals surface area contributed by atoms with Crippen molar-refractivity contribution in [1.29, 1.82) is 0 Å². The van der Waals surface area contributed by atoms with Gasteiger partial charge in [-0.3, -0.25) is 14.5 Å². The quantitative estimate of drug-likeness (QED) is 0.214. The molecule has 1 aliphatic rings. The number of hydrogen-bond donors (Lipinski definition) is 1. The van der Waals surface area contributed by atoms with Crippen molar-refractivity contribution in [1.82, 2.24) is 10.2 Å². The van der Waals surface area contributed by atoms with E-state index in [2.05, 4.69) is 14.8 Å². The van der Waals surface area contributed by atoms with Crippen molar-refractivity contribution in [2.45, 2.75) is 35.7 Å². The molecular formula is C21H23Cl3N2O7S. The number of β-lactam (4-membered cyclic amide) rings is 1. The number of hydrogen-bond acceptors (Lipinski definition) is 8. The molecule has 1 fully saturated rings. The molecule has 2 atom stereocenters. The van der Waals surface area contributed by atoms with Crippen LogP contribution >= 0.6 is 46.6 Å². The second-order valence-corrected chi connectivity index (χ2v) is 10.7. The summed E-state index contributed by atoms with van der Waals surface area (Å²) in [4.78, 5) is 50.5. The molecular weight excluding hydrogens is 531 g/mol. The molecule has 34 heavy (non-hydrogen) atoms. The lowest BCUT2D eigenvalue weighted by Gasteiger charge is -2.46. The van der Waals surface area contributed by atoms with E-state index in [0.29, 0.717) is 5.57 Å². The molecule has 0 unspecified atom stereocenters. The minimum Gasteiger partial charge on any atom is -0.456 e. The van der Waals surface area contributed by atoms with E-state index in [9.17, 15) is 19.2 Å². The first kappa shape index (κ1) is 28.1. The van der Waals surface area contributed by atoms with Crippen LogP contribution in [0.25, 0.3) is 0 Å². The van der Waals surface area contributed by atoms with Crippen LogP contribution in [0.3, 0.4) is 0 Å². The third-order valence-corrected chi connectivity index (χ3v) is 5.69. The largest absolute Gasteiger partial charge is 0.508 e. The number of alkyl halides is 3. The maximum atomic E-state index is 12.8. The van der Waals surface area contributed by atoms with E-state index < -0.39 is 52.4 Å². The molecule has 13 heteroatoms. The van der Waals surface area contributed by atoms with Gasteiger partial charge in [-0.1, -0.05) is 65.1 Å². The molecule has 1 N–H and O–H groups in total. The van der Waals surface area contributed by atoms with Crippen molar-refractivity contribution >= 4 is 70.5 Å². The van der Waals surface area contributed by atoms with Crippen LogP contribution in [-0.4, -0.2) is 63.5 Å². The van der Waals surface area contributed by atoms with E-state index in [1.54, 1.807) is 20.1 Å². The van der Waals surface area contributed by atoms with Crippen molar-refractivity contribution in [3.8, 4) is 0 Å². The zero-order valence-electron chi connectivity index (χ0n) is 18.5. The molecule has 0 saturated carbocycles. The number of nitrogens with zero attached hydrogens (tertiary/aromatic N) is 1. The average molecular weight is 554 g/mol. The highest BCUT2D eigenvalue weighted by Crippen LogP contribution is 2.34. The van der Waals surface area contributed by atoms with Gasteiger partial charge in [0.2, 0.25) is 3.79 Å². The summed E-state index contributed by atoms with van der Waals surface area (Å²) in [7, 11) is 0. The topological polar surface area (TPSA) is 111 Å². The normalized spacial score (nSPS) is 17.4. The fourth-order valence-corrected chi connectivity index (χ4v) is 3.97. The van der Waals surface area contributed by atoms with Gasteiger partial charge in [-0.15, -0.1) is 11.8 Å². The predicted octanol–water partition coefficient (Wildman–Crippen LogP) is 3.56. The SMILES string of the molecule is CS[C@@H]1[C@H](NC(=O)COC(=O)OCC(Cl)(Cl)Cl)C(=O)N1C(C(=O)OCc1ccccc1)=C(C)C. The summed E-state index contributed by atoms with van der Waals surface area (Å²) in [6.07, 6.45) is 0.517. The Balaban J connectivity index is 1.94. The molecule has 2 amide bonds. The van der Waals surface area contributed by atoms with Crippen LogP contribution in [0, 0.1) is 0 Å². The zero-order chi connectivity index (χ0) is 25.5. The summed E-state index contributed by atoms with van der Waals surface area (Å²) in [6.45, 7) is 2.15. The Kier molecular flexibility index (Phi) is 10.4. The number of halogens is 3. The van der Waals surface area contributed by atoms with E-state index in [4.69, 9.17) is 39.5 Å². The molecule has 1 heterocycles. The molecule has 9 nitrogen and oxygen atoms in total. The second-order valence-electron chi connectivity index (χ2n) is 7.23. The summed E-state index contributed by atoms with van der Waals surface area (Å²) in [5, 5.41) is 1.91. The first-order chi connectivity index (χ1) is 15.9. The highest BCUT2D eigenvalue weighted by molar-refractivity contribution is 7.99. The lowest BCUT2D eigenvalue weighted by atomic mass is 10.0. The molecule has 0 aromatic heterocycles. The van der Waals surface area contributed by atoms with E-state index in [-0.39, 0.29) is 12.3 Å². The van der Waals surface area contributed by atoms with E-state index in [0.717, 1.165) is 5.56 Å². The Bertz CT molecular complexity index is 949. The van der Waals surface area contributed by atoms with Crippen LogP contribution in [-0.2, 0) is 35.2 Å². The maximum Gasteiger partial charge on any atom is 0.508 e. The lowest BCUT2D eigenvalue weighted by Crippen LogP contribution is -2.69. The van der Waals surface area contributed by atoms with Crippen molar-refractivity contribution < 1.29 is 33.4 Å². The minimum atomic E-state index is -1.82. The van der Waals surface area contributed by atoms with Crippen molar-refractivity contribution in [3.63, 3.8) is 0 Å². The van der Waals surface area contributed by atoms with Gasteiger partial charge < -0.3 is 19.5 Å². The number of thioether (sulfide) groups is 1. The molecule has 0 spiro atoms. The number of esters is 1. The molecule has 2 rings (SSSR count). The van der Waals surface area contributed by atoms with Gasteiger partial charge in [0.1, 0.15) is 30.3 Å². The second kappa shape index (κ2) is 12.5. The van der Waals surface area contributed by atoms with Crippen LogP contribution in [0.2, 0.25) is 0 Å². The monoisotopic (exact) mass is 552 g/mol. The molecule has 0 bridgehead atoms. The summed E-state index contributed by atoms with van der Waals surface area (Å²) in [5.74, 6) is -1.89. The highest BCUT2D eigenvalue weighted by Gasteiger charge is 2.51. The van der Waals surface area contributed by atoms with Crippen LogP contribution < -0.4 is 5.32 Å². The highest BCUT2D eigenvalue weighted by atomic mass is 35.6. The van der Waals surface area contributed by atoms with Gasteiger partial charge in [0.25, 0.3) is 11.8 Å². The van der Waals surface area contributed by atoms with Gasteiger partial charge in [0.05, 0.1) is 0 Å². The third kappa shape index (κ3) is 7.97. The zero-order valence-corrected chi connectivity index (χ0v) is 21.6. The van der Waals surface area contributed by atoms with Crippen LogP contribution in [0.15, 0.2) is 41.6 Å². The van der Waals surface area contributed by atoms with Gasteiger partial charge in [-0.2, -0.15) is 0 Å². The molecule has 1 saturated heterocycles. The predicted molar refractivity (Wildman–Crippen MR) is 128 cm³/mol. The molecule has 186 valence electrons. The number of ether oxygens (including phenoxy) is 3. The number of nitrogens with one attached hydrogen (secondary N) is 1. The summed E-state index contributed by atoms with van der Waals surface area (Å²) >= 11 is 17.6. The number of rotatable bonds is 9. The summed E-state index contributed by atoms with van der Waals surface area (Å²) < 4.78 is 12.8. The number of allylic oxidation sites excluding steroid dienone is 1. The Hall–Kier alpha value is -2.14. The van der Waals surface area contributed by atoms with Gasteiger partial charge in [0, 0.05) is 0 Å². The number of amides is 2. The van der Waals surface area contributed by atoms with Crippen LogP contribution in [0.5, 0.6) is 0 Å². The van der Waals surface area contributed by atoms with Crippen LogP contribution in [0.1, 0.15) is 19.4 Å². The van der Waals surface area contributed by atoms with Crippen molar-refractivity contribution in [2.75, 3.05) is 19.5 Å². The van der Waals surface area contributed by atoms with Gasteiger partial charge >= 0.3 is 12.1 Å². The van der Waals surface area contributed by atoms with E-state index in [1.165, 1.54) is 16.7 Å². The number of benzene rings is 1. The summed E-state index contributed by atoms with van der Waals surface area (Å²) in [5.41, 5.74) is 1.49. The van der Waals surface area contributed by atoms with Crippen molar-refractivity contribution in [3.05, 3.63) is 47.2 Å². The lowest BCUT2D eigenvalue weighted by molar-refractivity contribution is -0.153. The van der Waals surface area contributed by atoms with E-state index >= 15 is 0 Å². The van der Waals surface area contributed by atoms with Gasteiger partial charge in [0.15, 0.2) is 6.61 Å². The molecule has 1 aliphatic heterocycles. The minimum absolute atomic E-state index is 0.0499. The fourth-order valence-electron chi connectivity index (χ4n) is 2.93. The Morgan fingerprint density at radius 1 is 1.09 bits per heavy atom. The van der Waals surface area contributed by atoms with Gasteiger partial charge in [-0.25, -0.2) is 9.59 Å². The first-order valence-corrected chi connectivity index (χ1v) is 12.3. The maximum absolute atomic E-state index is 12.8. The number of likely N-dealkylation sites (tertiary alicyclic amines) is 1. The molecule has 0 radical (unpaired) electrons. The molecule has 1 aromatic rings. The fraction of sp³-hybridized carbons (Fsp3) is 0.429. The van der Waals surface area contributed by atoms with Crippen LogP contribution in [0.4, 0.5) is 4.79 Å².